The molecular weight excluding hydrogens is 458 g/mol. The molecule has 1 N–H and O–H groups in total. The Hall–Kier alpha value is -2.84. The highest BCUT2D eigenvalue weighted by atomic mass is 35.5. The number of nitrogens with one attached hydrogen (secondary N) is 1. The quantitative estimate of drug-likeness (QED) is 0.510. The van der Waals surface area contributed by atoms with E-state index < -0.39 is 0 Å². The van der Waals surface area contributed by atoms with Crippen molar-refractivity contribution in [2.45, 2.75) is 37.9 Å². The Kier molecular flexibility index (Phi) is 7.05. The number of hydrogen-bond donors (Lipinski definition) is 1. The summed E-state index contributed by atoms with van der Waals surface area (Å²) in [6, 6.07) is 12.9. The molecule has 0 spiro atoms. The Morgan fingerprint density at radius 3 is 2.61 bits per heavy atom. The van der Waals surface area contributed by atoms with Gasteiger partial charge in [0.1, 0.15) is 0 Å². The van der Waals surface area contributed by atoms with Gasteiger partial charge in [-0.25, -0.2) is 0 Å². The molecule has 9 heteroatoms. The summed E-state index contributed by atoms with van der Waals surface area (Å²) in [5, 5.41) is 12.7. The first kappa shape index (κ1) is 23.3. The van der Waals surface area contributed by atoms with Crippen molar-refractivity contribution < 1.29 is 9.59 Å². The first-order chi connectivity index (χ1) is 15.8. The van der Waals surface area contributed by atoms with Crippen LogP contribution in [0.15, 0.2) is 47.6 Å². The van der Waals surface area contributed by atoms with Crippen molar-refractivity contribution in [3.63, 3.8) is 0 Å². The monoisotopic (exact) mass is 483 g/mol. The van der Waals surface area contributed by atoms with E-state index in [2.05, 4.69) is 21.6 Å². The van der Waals surface area contributed by atoms with Crippen LogP contribution in [0.3, 0.4) is 0 Å². The van der Waals surface area contributed by atoms with E-state index >= 15 is 0 Å². The molecule has 0 saturated carbocycles. The highest BCUT2D eigenvalue weighted by Crippen LogP contribution is 2.34. The Labute approximate surface area is 202 Å². The normalized spacial score (nSPS) is 15.6. The van der Waals surface area contributed by atoms with E-state index in [-0.39, 0.29) is 23.6 Å². The number of hydrogen-bond acceptors (Lipinski definition) is 5. The molecule has 3 aromatic rings. The predicted molar refractivity (Wildman–Crippen MR) is 131 cm³/mol. The number of benzene rings is 2. The molecule has 1 unspecified atom stereocenters. The zero-order valence-corrected chi connectivity index (χ0v) is 20.4. The van der Waals surface area contributed by atoms with Crippen molar-refractivity contribution in [2.75, 3.05) is 17.6 Å². The lowest BCUT2D eigenvalue weighted by atomic mass is 10.1. The molecule has 0 aliphatic carbocycles. The fourth-order valence-corrected chi connectivity index (χ4v) is 5.12. The molecule has 1 fully saturated rings. The zero-order valence-electron chi connectivity index (χ0n) is 18.8. The highest BCUT2D eigenvalue weighted by Gasteiger charge is 2.34. The van der Waals surface area contributed by atoms with Gasteiger partial charge in [-0.05, 0) is 62.1 Å². The van der Waals surface area contributed by atoms with Gasteiger partial charge in [0.25, 0.3) is 5.91 Å². The third-order valence-electron chi connectivity index (χ3n) is 5.62. The van der Waals surface area contributed by atoms with E-state index in [9.17, 15) is 9.59 Å². The Morgan fingerprint density at radius 2 is 1.88 bits per heavy atom. The average Bonchev–Trinajstić information content (AvgIpc) is 3.38. The van der Waals surface area contributed by atoms with Gasteiger partial charge >= 0.3 is 0 Å². The molecular formula is C24H26ClN5O2S. The number of carbonyl (C=O) groups is 2. The van der Waals surface area contributed by atoms with E-state index in [0.29, 0.717) is 28.1 Å². The summed E-state index contributed by atoms with van der Waals surface area (Å²) in [6.07, 6.45) is 1.69. The number of thioether (sulfide) groups is 1. The van der Waals surface area contributed by atoms with Gasteiger partial charge in [0, 0.05) is 19.3 Å². The fraction of sp³-hybridized carbons (Fsp3) is 0.333. The SMILES string of the molecule is Cc1cc(C)cc(NC(=O)CSc2nnc(C3CCCN3C(=O)c3ccccc3Cl)n2C)c1. The number of anilines is 1. The number of halogens is 1. The minimum Gasteiger partial charge on any atom is -0.328 e. The summed E-state index contributed by atoms with van der Waals surface area (Å²) in [5.74, 6) is 0.718. The third-order valence-corrected chi connectivity index (χ3v) is 6.97. The van der Waals surface area contributed by atoms with E-state index in [4.69, 9.17) is 11.6 Å². The van der Waals surface area contributed by atoms with E-state index in [0.717, 1.165) is 29.7 Å². The average molecular weight is 484 g/mol. The van der Waals surface area contributed by atoms with Gasteiger partial charge in [0.05, 0.1) is 22.4 Å². The van der Waals surface area contributed by atoms with Gasteiger partial charge in [-0.3, -0.25) is 9.59 Å². The van der Waals surface area contributed by atoms with Gasteiger partial charge in [-0.15, -0.1) is 10.2 Å². The van der Waals surface area contributed by atoms with Crippen LogP contribution < -0.4 is 5.32 Å². The first-order valence-electron chi connectivity index (χ1n) is 10.8. The second-order valence-corrected chi connectivity index (χ2v) is 9.60. The number of aromatic nitrogens is 3. The Balaban J connectivity index is 1.43. The molecule has 172 valence electrons. The molecule has 4 rings (SSSR count). The Morgan fingerprint density at radius 1 is 1.15 bits per heavy atom. The third kappa shape index (κ3) is 5.23. The highest BCUT2D eigenvalue weighted by molar-refractivity contribution is 7.99. The fourth-order valence-electron chi connectivity index (χ4n) is 4.18. The van der Waals surface area contributed by atoms with Crippen molar-refractivity contribution in [3.05, 3.63) is 70.0 Å². The van der Waals surface area contributed by atoms with Crippen LogP contribution >= 0.6 is 23.4 Å². The largest absolute Gasteiger partial charge is 0.328 e. The molecule has 1 atom stereocenters. The lowest BCUT2D eigenvalue weighted by molar-refractivity contribution is -0.113. The molecule has 2 aromatic carbocycles. The molecule has 2 amide bonds. The topological polar surface area (TPSA) is 80.1 Å². The molecule has 1 saturated heterocycles. The summed E-state index contributed by atoms with van der Waals surface area (Å²) < 4.78 is 1.87. The second-order valence-electron chi connectivity index (χ2n) is 8.25. The molecule has 1 aliphatic heterocycles. The minimum absolute atomic E-state index is 0.104. The predicted octanol–water partition coefficient (Wildman–Crippen LogP) is 4.79. The summed E-state index contributed by atoms with van der Waals surface area (Å²) in [4.78, 5) is 27.4. The van der Waals surface area contributed by atoms with Crippen LogP contribution in [0.1, 0.15) is 46.2 Å². The number of carbonyl (C=O) groups excluding carboxylic acids is 2. The maximum Gasteiger partial charge on any atom is 0.255 e. The summed E-state index contributed by atoms with van der Waals surface area (Å²) in [7, 11) is 1.87. The summed E-state index contributed by atoms with van der Waals surface area (Å²) in [5.41, 5.74) is 3.48. The summed E-state index contributed by atoms with van der Waals surface area (Å²) in [6.45, 7) is 4.64. The van der Waals surface area contributed by atoms with Crippen LogP contribution in [0.25, 0.3) is 0 Å². The van der Waals surface area contributed by atoms with Crippen molar-refractivity contribution in [2.24, 2.45) is 7.05 Å². The number of aryl methyl sites for hydroxylation is 2. The van der Waals surface area contributed by atoms with Gasteiger partial charge in [-0.2, -0.15) is 0 Å². The lowest BCUT2D eigenvalue weighted by Crippen LogP contribution is -2.32. The molecule has 33 heavy (non-hydrogen) atoms. The summed E-state index contributed by atoms with van der Waals surface area (Å²) >= 11 is 7.57. The van der Waals surface area contributed by atoms with Crippen LogP contribution in [0.4, 0.5) is 5.69 Å². The number of rotatable bonds is 6. The van der Waals surface area contributed by atoms with Crippen LogP contribution in [0, 0.1) is 13.8 Å². The van der Waals surface area contributed by atoms with Gasteiger partial charge in [0.2, 0.25) is 5.91 Å². The molecule has 2 heterocycles. The van der Waals surface area contributed by atoms with E-state index in [1.54, 1.807) is 12.1 Å². The van der Waals surface area contributed by atoms with Crippen molar-refractivity contribution >= 4 is 40.9 Å². The van der Waals surface area contributed by atoms with Crippen LogP contribution in [0.5, 0.6) is 0 Å². The van der Waals surface area contributed by atoms with Crippen LogP contribution in [-0.4, -0.2) is 43.8 Å². The maximum atomic E-state index is 13.1. The standard InChI is InChI=1S/C24H26ClN5O2S/c1-15-11-16(2)13-17(12-15)26-21(31)14-33-24-28-27-22(29(24)3)20-9-6-10-30(20)23(32)18-7-4-5-8-19(18)25/h4-5,7-8,11-13,20H,6,9-10,14H2,1-3H3,(H,26,31). The van der Waals surface area contributed by atoms with Gasteiger partial charge < -0.3 is 14.8 Å². The molecule has 1 aliphatic rings. The lowest BCUT2D eigenvalue weighted by Gasteiger charge is -2.24. The van der Waals surface area contributed by atoms with E-state index in [1.165, 1.54) is 11.8 Å². The second kappa shape index (κ2) is 9.97. The van der Waals surface area contributed by atoms with Crippen LogP contribution in [-0.2, 0) is 11.8 Å². The minimum atomic E-state index is -0.176. The maximum absolute atomic E-state index is 13.1. The molecule has 0 radical (unpaired) electrons. The van der Waals surface area contributed by atoms with Crippen molar-refractivity contribution in [1.82, 2.24) is 19.7 Å². The van der Waals surface area contributed by atoms with E-state index in [1.807, 2.05) is 54.6 Å². The molecule has 0 bridgehead atoms. The molecule has 1 aromatic heterocycles. The zero-order chi connectivity index (χ0) is 23.5. The molecule has 7 nitrogen and oxygen atoms in total. The van der Waals surface area contributed by atoms with Crippen molar-refractivity contribution in [3.8, 4) is 0 Å². The Bertz CT molecular complexity index is 1180. The first-order valence-corrected chi connectivity index (χ1v) is 12.2. The van der Waals surface area contributed by atoms with Gasteiger partial charge in [-0.1, -0.05) is 41.6 Å². The van der Waals surface area contributed by atoms with Crippen molar-refractivity contribution in [1.29, 1.82) is 0 Å². The number of nitrogens with zero attached hydrogens (tertiary/aromatic N) is 4. The number of amides is 2. The van der Waals surface area contributed by atoms with Gasteiger partial charge in [0.15, 0.2) is 11.0 Å². The number of likely N-dealkylation sites (tertiary alicyclic amines) is 1. The smallest absolute Gasteiger partial charge is 0.255 e. The van der Waals surface area contributed by atoms with Crippen LogP contribution in [0.2, 0.25) is 5.02 Å².